The van der Waals surface area contributed by atoms with Gasteiger partial charge in [0.25, 0.3) is 5.91 Å². The van der Waals surface area contributed by atoms with Crippen molar-refractivity contribution in [3.05, 3.63) is 88.7 Å². The van der Waals surface area contributed by atoms with Crippen molar-refractivity contribution in [1.82, 2.24) is 14.6 Å². The van der Waals surface area contributed by atoms with Crippen LogP contribution in [-0.2, 0) is 33.0 Å². The minimum Gasteiger partial charge on any atom is -0.348 e. The number of nitriles is 1. The first kappa shape index (κ1) is 27.4. The molecule has 11 heteroatoms. The van der Waals surface area contributed by atoms with Crippen LogP contribution in [0.1, 0.15) is 59.6 Å². The predicted octanol–water partition coefficient (Wildman–Crippen LogP) is 3.58. The summed E-state index contributed by atoms with van der Waals surface area (Å²) in [5.74, 6) is -0.436. The third-order valence-corrected chi connectivity index (χ3v) is 10.1. The van der Waals surface area contributed by atoms with Gasteiger partial charge in [-0.1, -0.05) is 32.9 Å². The monoisotopic (exact) mass is 552 g/mol. The molecule has 0 aliphatic carbocycles. The van der Waals surface area contributed by atoms with E-state index in [2.05, 4.69) is 10.3 Å². The molecule has 0 fully saturated rings. The summed E-state index contributed by atoms with van der Waals surface area (Å²) in [6.07, 6.45) is 1.44. The molecular weight excluding hydrogens is 524 g/mol. The molecule has 0 bridgehead atoms. The van der Waals surface area contributed by atoms with Crippen molar-refractivity contribution in [2.75, 3.05) is 5.75 Å². The number of carbonyl (C=O) groups is 1. The molecule has 4 rings (SSSR count). The van der Waals surface area contributed by atoms with Crippen LogP contribution in [-0.4, -0.2) is 37.8 Å². The molecule has 3 aromatic rings. The van der Waals surface area contributed by atoms with E-state index < -0.39 is 25.9 Å². The highest BCUT2D eigenvalue weighted by Gasteiger charge is 2.41. The quantitative estimate of drug-likeness (QED) is 0.451. The molecule has 1 unspecified atom stereocenters. The van der Waals surface area contributed by atoms with E-state index in [0.717, 1.165) is 5.56 Å². The van der Waals surface area contributed by atoms with Crippen molar-refractivity contribution in [2.24, 2.45) is 5.92 Å². The topological polar surface area (TPSA) is 137 Å². The largest absolute Gasteiger partial charge is 0.348 e. The molecule has 1 amide bonds. The number of hydrogen-bond acceptors (Lipinski definition) is 7. The highest BCUT2D eigenvalue weighted by Crippen LogP contribution is 2.41. The van der Waals surface area contributed by atoms with Crippen molar-refractivity contribution in [3.8, 4) is 6.07 Å². The lowest BCUT2D eigenvalue weighted by Crippen LogP contribution is -2.32. The molecule has 1 N–H and O–H groups in total. The summed E-state index contributed by atoms with van der Waals surface area (Å²) in [6.45, 7) is 5.68. The number of fused-ring (bicyclic) bond motifs is 1. The first-order valence-electron chi connectivity index (χ1n) is 12.1. The van der Waals surface area contributed by atoms with Gasteiger partial charge in [-0.15, -0.1) is 0 Å². The van der Waals surface area contributed by atoms with Gasteiger partial charge in [0, 0.05) is 19.3 Å². The van der Waals surface area contributed by atoms with E-state index in [0.29, 0.717) is 22.4 Å². The highest BCUT2D eigenvalue weighted by atomic mass is 32.2. The van der Waals surface area contributed by atoms with Gasteiger partial charge in [0.15, 0.2) is 9.84 Å². The first-order valence-corrected chi connectivity index (χ1v) is 15.2. The van der Waals surface area contributed by atoms with Crippen LogP contribution in [0.5, 0.6) is 0 Å². The van der Waals surface area contributed by atoms with Crippen LogP contribution >= 0.6 is 0 Å². The number of carbonyl (C=O) groups excluding carboxylic acids is 1. The minimum atomic E-state index is -3.88. The van der Waals surface area contributed by atoms with Gasteiger partial charge in [-0.2, -0.15) is 9.57 Å². The van der Waals surface area contributed by atoms with E-state index >= 15 is 0 Å². The zero-order valence-electron chi connectivity index (χ0n) is 21.2. The number of pyridine rings is 1. The summed E-state index contributed by atoms with van der Waals surface area (Å²) in [5.41, 5.74) is 2.67. The Morgan fingerprint density at radius 1 is 1.08 bits per heavy atom. The molecule has 2 aromatic carbocycles. The smallest absolute Gasteiger partial charge is 0.253 e. The Morgan fingerprint density at radius 2 is 1.71 bits per heavy atom. The maximum atomic E-state index is 13.5. The SMILES string of the molecule is CCS(=O)(=O)c1ccc(CNC(=O)c2cnc3c(c2)CN(S(=O)(=O)c2ccc(C#N)cc2)C3C(C)C)cc1. The van der Waals surface area contributed by atoms with Gasteiger partial charge in [0.05, 0.1) is 44.5 Å². The van der Waals surface area contributed by atoms with Gasteiger partial charge in [0.1, 0.15) is 0 Å². The van der Waals surface area contributed by atoms with Gasteiger partial charge >= 0.3 is 0 Å². The number of nitrogens with one attached hydrogen (secondary N) is 1. The fraction of sp³-hybridized carbons (Fsp3) is 0.296. The Kier molecular flexibility index (Phi) is 7.69. The standard InChI is InChI=1S/C27H28N4O5S2/c1-4-37(33,34)23-9-7-20(8-10-23)15-30-27(32)21-13-22-17-31(26(18(2)3)25(22)29-16-21)38(35,36)24-11-5-19(14-28)6-12-24/h5-13,16,18,26H,4,15,17H2,1-3H3,(H,30,32). The van der Waals surface area contributed by atoms with Crippen molar-refractivity contribution in [2.45, 2.75) is 49.7 Å². The summed E-state index contributed by atoms with van der Waals surface area (Å²) >= 11 is 0. The lowest BCUT2D eigenvalue weighted by molar-refractivity contribution is 0.0950. The molecule has 38 heavy (non-hydrogen) atoms. The predicted molar refractivity (Wildman–Crippen MR) is 141 cm³/mol. The molecular formula is C27H28N4O5S2. The van der Waals surface area contributed by atoms with Gasteiger partial charge < -0.3 is 5.32 Å². The Bertz CT molecular complexity index is 1610. The second kappa shape index (κ2) is 10.6. The van der Waals surface area contributed by atoms with Crippen molar-refractivity contribution < 1.29 is 21.6 Å². The van der Waals surface area contributed by atoms with E-state index in [1.165, 1.54) is 46.9 Å². The van der Waals surface area contributed by atoms with Crippen LogP contribution in [0.25, 0.3) is 0 Å². The molecule has 198 valence electrons. The van der Waals surface area contributed by atoms with Crippen LogP contribution in [0.4, 0.5) is 0 Å². The molecule has 9 nitrogen and oxygen atoms in total. The summed E-state index contributed by atoms with van der Waals surface area (Å²) < 4.78 is 52.4. The Morgan fingerprint density at radius 3 is 2.29 bits per heavy atom. The fourth-order valence-corrected chi connectivity index (χ4v) is 7.01. The van der Waals surface area contributed by atoms with Crippen molar-refractivity contribution >= 4 is 25.8 Å². The maximum absolute atomic E-state index is 13.5. The first-order chi connectivity index (χ1) is 18.0. The van der Waals surface area contributed by atoms with Crippen LogP contribution in [0.15, 0.2) is 70.6 Å². The number of amides is 1. The van der Waals surface area contributed by atoms with Crippen LogP contribution in [0.3, 0.4) is 0 Å². The Labute approximate surface area is 223 Å². The van der Waals surface area contributed by atoms with Crippen molar-refractivity contribution in [1.29, 1.82) is 5.26 Å². The number of sulfone groups is 1. The molecule has 0 saturated heterocycles. The Balaban J connectivity index is 1.52. The lowest BCUT2D eigenvalue weighted by atomic mass is 10.0. The normalized spacial score (nSPS) is 15.7. The number of nitrogens with zero attached hydrogens (tertiary/aromatic N) is 3. The molecule has 1 aliphatic rings. The molecule has 1 aliphatic heterocycles. The zero-order valence-corrected chi connectivity index (χ0v) is 22.9. The van der Waals surface area contributed by atoms with Gasteiger partial charge in [-0.05, 0) is 59.5 Å². The zero-order chi connectivity index (χ0) is 27.7. The van der Waals surface area contributed by atoms with Crippen LogP contribution < -0.4 is 5.32 Å². The summed E-state index contributed by atoms with van der Waals surface area (Å²) in [6, 6.07) is 15.3. The summed E-state index contributed by atoms with van der Waals surface area (Å²) in [5, 5.41) is 11.8. The molecule has 0 saturated carbocycles. The number of hydrogen-bond donors (Lipinski definition) is 1. The average molecular weight is 553 g/mol. The number of rotatable bonds is 8. The number of sulfonamides is 1. The van der Waals surface area contributed by atoms with E-state index in [1.54, 1.807) is 25.1 Å². The van der Waals surface area contributed by atoms with Crippen LogP contribution in [0.2, 0.25) is 0 Å². The van der Waals surface area contributed by atoms with E-state index in [1.807, 2.05) is 19.9 Å². The number of aromatic nitrogens is 1. The van der Waals surface area contributed by atoms with E-state index in [9.17, 15) is 21.6 Å². The Hall–Kier alpha value is -3.59. The van der Waals surface area contributed by atoms with Crippen LogP contribution in [0, 0.1) is 17.2 Å². The summed E-state index contributed by atoms with van der Waals surface area (Å²) in [4.78, 5) is 17.7. The maximum Gasteiger partial charge on any atom is 0.253 e. The molecule has 2 heterocycles. The lowest BCUT2D eigenvalue weighted by Gasteiger charge is -2.27. The molecule has 0 radical (unpaired) electrons. The summed E-state index contributed by atoms with van der Waals surface area (Å²) in [7, 11) is -7.18. The van der Waals surface area contributed by atoms with Gasteiger partial charge in [-0.25, -0.2) is 16.8 Å². The second-order valence-electron chi connectivity index (χ2n) is 9.37. The second-order valence-corrected chi connectivity index (χ2v) is 13.5. The van der Waals surface area contributed by atoms with E-state index in [-0.39, 0.29) is 40.5 Å². The average Bonchev–Trinajstić information content (AvgIpc) is 3.32. The number of benzene rings is 2. The molecule has 0 spiro atoms. The van der Waals surface area contributed by atoms with Gasteiger partial charge in [-0.3, -0.25) is 9.78 Å². The van der Waals surface area contributed by atoms with Gasteiger partial charge in [0.2, 0.25) is 10.0 Å². The molecule has 1 aromatic heterocycles. The van der Waals surface area contributed by atoms with Crippen molar-refractivity contribution in [3.63, 3.8) is 0 Å². The highest BCUT2D eigenvalue weighted by molar-refractivity contribution is 7.91. The molecule has 1 atom stereocenters. The minimum absolute atomic E-state index is 0.0122. The third kappa shape index (κ3) is 5.34. The van der Waals surface area contributed by atoms with E-state index in [4.69, 9.17) is 5.26 Å². The third-order valence-electron chi connectivity index (χ3n) is 6.52. The fourth-order valence-electron chi connectivity index (χ4n) is 4.43.